The highest BCUT2D eigenvalue weighted by Crippen LogP contribution is 2.69. The largest absolute Gasteiger partial charge is 0.355 e. The van der Waals surface area contributed by atoms with Gasteiger partial charge in [-0.25, -0.2) is 0 Å². The highest BCUT2D eigenvalue weighted by atomic mass is 14.9. The van der Waals surface area contributed by atoms with Crippen LogP contribution in [0.2, 0.25) is 0 Å². The molecule has 0 saturated heterocycles. The molecule has 5 aliphatic carbocycles. The van der Waals surface area contributed by atoms with Gasteiger partial charge in [0.1, 0.15) is 0 Å². The first-order chi connectivity index (χ1) is 20.3. The fraction of sp³-hybridized carbons (Fsp3) is 0.250. The summed E-state index contributed by atoms with van der Waals surface area (Å²) in [6, 6.07) is 45.0. The average molecular weight is 530 g/mol. The zero-order valence-corrected chi connectivity index (χ0v) is 23.4. The van der Waals surface area contributed by atoms with Crippen LogP contribution in [0.1, 0.15) is 43.2 Å². The summed E-state index contributed by atoms with van der Waals surface area (Å²) in [5, 5.41) is 3.87. The van der Waals surface area contributed by atoms with Crippen molar-refractivity contribution in [2.24, 2.45) is 23.7 Å². The van der Waals surface area contributed by atoms with Crippen LogP contribution in [-0.2, 0) is 5.41 Å². The smallest absolute Gasteiger partial charge is 0.0464 e. The lowest BCUT2D eigenvalue weighted by Gasteiger charge is -2.61. The van der Waals surface area contributed by atoms with Crippen molar-refractivity contribution in [3.05, 3.63) is 132 Å². The van der Waals surface area contributed by atoms with E-state index in [9.17, 15) is 0 Å². The molecule has 0 amide bonds. The van der Waals surface area contributed by atoms with E-state index in [-0.39, 0.29) is 5.41 Å². The number of hydrogen-bond donors (Lipinski definition) is 1. The molecular weight excluding hydrogens is 494 g/mol. The van der Waals surface area contributed by atoms with Crippen LogP contribution in [-0.4, -0.2) is 0 Å². The monoisotopic (exact) mass is 529 g/mol. The number of rotatable bonds is 4. The minimum absolute atomic E-state index is 0.227. The van der Waals surface area contributed by atoms with Gasteiger partial charge in [0.15, 0.2) is 0 Å². The second-order valence-electron chi connectivity index (χ2n) is 13.1. The molecule has 0 radical (unpaired) electrons. The van der Waals surface area contributed by atoms with Crippen LogP contribution in [0.15, 0.2) is 121 Å². The molecule has 1 nitrogen and oxygen atoms in total. The van der Waals surface area contributed by atoms with Crippen molar-refractivity contribution in [2.45, 2.75) is 37.5 Å². The molecular formula is C40H35N. The predicted octanol–water partition coefficient (Wildman–Crippen LogP) is 10.5. The normalized spacial score (nSPS) is 26.6. The fourth-order valence-corrected chi connectivity index (χ4v) is 9.81. The number of fused-ring (bicyclic) bond motifs is 3. The van der Waals surface area contributed by atoms with Crippen LogP contribution in [0.5, 0.6) is 0 Å². The molecule has 1 spiro atoms. The molecule has 5 aliphatic rings. The van der Waals surface area contributed by atoms with Crippen LogP contribution in [0.3, 0.4) is 0 Å². The molecule has 0 heterocycles. The number of anilines is 2. The third-order valence-electron chi connectivity index (χ3n) is 11.1. The van der Waals surface area contributed by atoms with Crippen LogP contribution < -0.4 is 5.32 Å². The summed E-state index contributed by atoms with van der Waals surface area (Å²) in [7, 11) is 0. The molecule has 200 valence electrons. The van der Waals surface area contributed by atoms with Gasteiger partial charge in [-0.15, -0.1) is 0 Å². The van der Waals surface area contributed by atoms with Gasteiger partial charge in [0.05, 0.1) is 0 Å². The molecule has 0 aliphatic heterocycles. The SMILES string of the molecule is c1ccc(-c2ccccc2-c2ccccc2Nc2ccc3c(c2)-c2ccccc2C32C3CC4CC(C3)CC2C4)cc1. The third-order valence-corrected chi connectivity index (χ3v) is 11.1. The molecule has 4 fully saturated rings. The van der Waals surface area contributed by atoms with Crippen LogP contribution in [0.25, 0.3) is 33.4 Å². The first-order valence-electron chi connectivity index (χ1n) is 15.5. The van der Waals surface area contributed by atoms with Crippen molar-refractivity contribution in [1.29, 1.82) is 0 Å². The molecule has 1 N–H and O–H groups in total. The summed E-state index contributed by atoms with van der Waals surface area (Å²) in [5.74, 6) is 3.54. The van der Waals surface area contributed by atoms with E-state index in [1.54, 1.807) is 11.1 Å². The third kappa shape index (κ3) is 3.42. The molecule has 4 saturated carbocycles. The van der Waals surface area contributed by atoms with Crippen molar-refractivity contribution in [2.75, 3.05) is 5.32 Å². The Morgan fingerprint density at radius 3 is 1.80 bits per heavy atom. The molecule has 41 heavy (non-hydrogen) atoms. The predicted molar refractivity (Wildman–Crippen MR) is 170 cm³/mol. The van der Waals surface area contributed by atoms with Crippen molar-refractivity contribution < 1.29 is 0 Å². The van der Waals surface area contributed by atoms with E-state index in [1.165, 1.54) is 71.2 Å². The Balaban J connectivity index is 1.14. The molecule has 1 heteroatoms. The lowest BCUT2D eigenvalue weighted by atomic mass is 9.43. The average Bonchev–Trinajstić information content (AvgIpc) is 3.31. The topological polar surface area (TPSA) is 12.0 Å². The van der Waals surface area contributed by atoms with Gasteiger partial charge in [-0.2, -0.15) is 0 Å². The van der Waals surface area contributed by atoms with E-state index in [4.69, 9.17) is 0 Å². The zero-order chi connectivity index (χ0) is 27.0. The summed E-state index contributed by atoms with van der Waals surface area (Å²) >= 11 is 0. The maximum absolute atomic E-state index is 3.87. The molecule has 0 unspecified atom stereocenters. The van der Waals surface area contributed by atoms with Crippen LogP contribution >= 0.6 is 0 Å². The van der Waals surface area contributed by atoms with E-state index < -0.39 is 0 Å². The van der Waals surface area contributed by atoms with E-state index in [2.05, 4.69) is 127 Å². The van der Waals surface area contributed by atoms with Gasteiger partial charge in [-0.3, -0.25) is 0 Å². The van der Waals surface area contributed by atoms with Gasteiger partial charge in [0.25, 0.3) is 0 Å². The second-order valence-corrected chi connectivity index (χ2v) is 13.1. The number of para-hydroxylation sites is 1. The number of hydrogen-bond acceptors (Lipinski definition) is 1. The van der Waals surface area contributed by atoms with Gasteiger partial charge in [0, 0.05) is 22.4 Å². The Bertz CT molecular complexity index is 1750. The summed E-state index contributed by atoms with van der Waals surface area (Å²) in [5.41, 5.74) is 13.7. The minimum Gasteiger partial charge on any atom is -0.355 e. The Morgan fingerprint density at radius 1 is 0.463 bits per heavy atom. The highest BCUT2D eigenvalue weighted by Gasteiger charge is 2.61. The van der Waals surface area contributed by atoms with Crippen molar-refractivity contribution >= 4 is 11.4 Å². The van der Waals surface area contributed by atoms with E-state index in [0.29, 0.717) is 0 Å². The van der Waals surface area contributed by atoms with Crippen molar-refractivity contribution in [3.63, 3.8) is 0 Å². The Kier molecular flexibility index (Phi) is 5.15. The van der Waals surface area contributed by atoms with Crippen molar-refractivity contribution in [3.8, 4) is 33.4 Å². The van der Waals surface area contributed by atoms with E-state index in [0.717, 1.165) is 29.4 Å². The summed E-state index contributed by atoms with van der Waals surface area (Å²) in [6.45, 7) is 0. The molecule has 4 bridgehead atoms. The molecule has 0 aromatic heterocycles. The number of nitrogens with one attached hydrogen (secondary N) is 1. The molecule has 5 aromatic rings. The van der Waals surface area contributed by atoms with E-state index >= 15 is 0 Å². The first kappa shape index (κ1) is 23.6. The Morgan fingerprint density at radius 2 is 1.05 bits per heavy atom. The van der Waals surface area contributed by atoms with Gasteiger partial charge < -0.3 is 5.32 Å². The summed E-state index contributed by atoms with van der Waals surface area (Å²) < 4.78 is 0. The maximum Gasteiger partial charge on any atom is 0.0464 e. The lowest BCUT2D eigenvalue weighted by Crippen LogP contribution is -2.55. The second kappa shape index (κ2) is 8.95. The van der Waals surface area contributed by atoms with Gasteiger partial charge in [0.2, 0.25) is 0 Å². The van der Waals surface area contributed by atoms with Crippen LogP contribution in [0, 0.1) is 23.7 Å². The maximum atomic E-state index is 3.87. The molecule has 5 aromatic carbocycles. The standard InChI is InChI=1S/C40H35N/c1-2-10-28(11-3-1)32-12-4-5-13-33(32)35-15-7-9-17-39(35)41-31-18-19-38-36(25-31)34-14-6-8-16-37(34)40(38)29-21-26-20-27(23-29)24-30(40)22-26/h1-19,25-27,29-30,41H,20-24H2. The zero-order valence-electron chi connectivity index (χ0n) is 23.4. The van der Waals surface area contributed by atoms with Crippen molar-refractivity contribution in [1.82, 2.24) is 0 Å². The minimum atomic E-state index is 0.227. The lowest BCUT2D eigenvalue weighted by molar-refractivity contribution is -0.0399. The molecule has 10 rings (SSSR count). The first-order valence-corrected chi connectivity index (χ1v) is 15.5. The Hall–Kier alpha value is -4.10. The van der Waals surface area contributed by atoms with Gasteiger partial charge >= 0.3 is 0 Å². The Labute approximate surface area is 243 Å². The molecule has 0 atom stereocenters. The quantitative estimate of drug-likeness (QED) is 0.244. The highest BCUT2D eigenvalue weighted by molar-refractivity contribution is 5.91. The van der Waals surface area contributed by atoms with Gasteiger partial charge in [-0.1, -0.05) is 103 Å². The summed E-state index contributed by atoms with van der Waals surface area (Å²) in [4.78, 5) is 0. The van der Waals surface area contributed by atoms with Gasteiger partial charge in [-0.05, 0) is 113 Å². The summed E-state index contributed by atoms with van der Waals surface area (Å²) in [6.07, 6.45) is 7.20. The van der Waals surface area contributed by atoms with E-state index in [1.807, 2.05) is 0 Å². The van der Waals surface area contributed by atoms with Crippen LogP contribution in [0.4, 0.5) is 11.4 Å². The number of benzene rings is 5. The fourth-order valence-electron chi connectivity index (χ4n) is 9.81.